The first kappa shape index (κ1) is 17.0. The van der Waals surface area contributed by atoms with Gasteiger partial charge in [-0.2, -0.15) is 0 Å². The molecule has 1 fully saturated rings. The fourth-order valence-electron chi connectivity index (χ4n) is 3.31. The summed E-state index contributed by atoms with van der Waals surface area (Å²) in [6, 6.07) is 1.62. The molecule has 1 unspecified atom stereocenters. The largest absolute Gasteiger partial charge is 0.356 e. The van der Waals surface area contributed by atoms with Crippen LogP contribution in [0, 0.1) is 6.92 Å². The second-order valence-electron chi connectivity index (χ2n) is 6.57. The molecule has 26 heavy (non-hydrogen) atoms. The SMILES string of the molecule is Cc1cnc2n(c1=O)C(CC(=O)Nc1cc(N3CCCC3)ncn1)CS2. The first-order valence-electron chi connectivity index (χ1n) is 8.69. The molecule has 0 radical (unpaired) electrons. The van der Waals surface area contributed by atoms with Crippen LogP contribution in [-0.4, -0.2) is 44.3 Å². The number of carbonyl (C=O) groups excluding carboxylic acids is 1. The van der Waals surface area contributed by atoms with Crippen LogP contribution in [0.25, 0.3) is 0 Å². The molecular formula is C17H20N6O2S. The Morgan fingerprint density at radius 3 is 2.92 bits per heavy atom. The van der Waals surface area contributed by atoms with Crippen LogP contribution in [0.15, 0.2) is 28.5 Å². The van der Waals surface area contributed by atoms with Crippen LogP contribution in [0.2, 0.25) is 0 Å². The highest BCUT2D eigenvalue weighted by Gasteiger charge is 2.27. The maximum atomic E-state index is 12.5. The van der Waals surface area contributed by atoms with Gasteiger partial charge >= 0.3 is 0 Å². The van der Waals surface area contributed by atoms with Crippen molar-refractivity contribution in [3.8, 4) is 0 Å². The summed E-state index contributed by atoms with van der Waals surface area (Å²) in [6.07, 6.45) is 5.60. The monoisotopic (exact) mass is 372 g/mol. The fourth-order valence-corrected chi connectivity index (χ4v) is 4.42. The van der Waals surface area contributed by atoms with Crippen LogP contribution >= 0.6 is 11.8 Å². The van der Waals surface area contributed by atoms with Gasteiger partial charge in [-0.05, 0) is 19.8 Å². The van der Waals surface area contributed by atoms with Gasteiger partial charge in [0.2, 0.25) is 5.91 Å². The number of nitrogens with zero attached hydrogens (tertiary/aromatic N) is 5. The van der Waals surface area contributed by atoms with Crippen molar-refractivity contribution < 1.29 is 4.79 Å². The Bertz CT molecular complexity index is 893. The number of thioether (sulfide) groups is 1. The molecule has 1 atom stereocenters. The van der Waals surface area contributed by atoms with Gasteiger partial charge in [0.25, 0.3) is 5.56 Å². The van der Waals surface area contributed by atoms with E-state index in [1.54, 1.807) is 23.8 Å². The van der Waals surface area contributed by atoms with Gasteiger partial charge in [-0.3, -0.25) is 14.2 Å². The minimum absolute atomic E-state index is 0.0730. The lowest BCUT2D eigenvalue weighted by molar-refractivity contribution is -0.116. The van der Waals surface area contributed by atoms with Crippen LogP contribution in [0.5, 0.6) is 0 Å². The van der Waals surface area contributed by atoms with Gasteiger partial charge in [0.05, 0.1) is 6.04 Å². The topological polar surface area (TPSA) is 93.0 Å². The van der Waals surface area contributed by atoms with Gasteiger partial charge in [0.1, 0.15) is 18.0 Å². The normalized spacial score (nSPS) is 18.8. The van der Waals surface area contributed by atoms with Crippen molar-refractivity contribution in [3.63, 3.8) is 0 Å². The highest BCUT2D eigenvalue weighted by atomic mass is 32.2. The molecule has 4 rings (SSSR count). The van der Waals surface area contributed by atoms with Crippen LogP contribution in [0.1, 0.15) is 30.9 Å². The average Bonchev–Trinajstić information content (AvgIpc) is 3.29. The zero-order valence-electron chi connectivity index (χ0n) is 14.5. The lowest BCUT2D eigenvalue weighted by Crippen LogP contribution is -2.29. The number of amides is 1. The molecule has 1 amide bonds. The Balaban J connectivity index is 1.45. The Kier molecular flexibility index (Phi) is 4.62. The van der Waals surface area contributed by atoms with Crippen LogP contribution in [0.4, 0.5) is 11.6 Å². The number of aromatic nitrogens is 4. The van der Waals surface area contributed by atoms with Gasteiger partial charge in [-0.15, -0.1) is 0 Å². The van der Waals surface area contributed by atoms with Crippen molar-refractivity contribution in [1.82, 2.24) is 19.5 Å². The first-order valence-corrected chi connectivity index (χ1v) is 9.68. The maximum absolute atomic E-state index is 12.5. The highest BCUT2D eigenvalue weighted by Crippen LogP contribution is 2.32. The summed E-state index contributed by atoms with van der Waals surface area (Å²) in [7, 11) is 0. The van der Waals surface area contributed by atoms with Gasteiger partial charge in [-0.1, -0.05) is 11.8 Å². The lowest BCUT2D eigenvalue weighted by Gasteiger charge is -2.17. The molecule has 9 heteroatoms. The zero-order valence-corrected chi connectivity index (χ0v) is 15.3. The number of hydrogen-bond acceptors (Lipinski definition) is 7. The van der Waals surface area contributed by atoms with E-state index < -0.39 is 0 Å². The number of fused-ring (bicyclic) bond motifs is 1. The van der Waals surface area contributed by atoms with E-state index in [2.05, 4.69) is 25.2 Å². The summed E-state index contributed by atoms with van der Waals surface area (Å²) in [6.45, 7) is 3.70. The van der Waals surface area contributed by atoms with Gasteiger partial charge in [-0.25, -0.2) is 15.0 Å². The molecule has 8 nitrogen and oxygen atoms in total. The molecule has 136 valence electrons. The zero-order chi connectivity index (χ0) is 18.1. The Morgan fingerprint density at radius 2 is 2.12 bits per heavy atom. The standard InChI is InChI=1S/C17H20N6O2S/c1-11-8-18-17-23(16(11)25)12(9-26-17)6-15(24)21-13-7-14(20-10-19-13)22-4-2-3-5-22/h7-8,10,12H,2-6,9H2,1H3,(H,19,20,21,24). The maximum Gasteiger partial charge on any atom is 0.257 e. The van der Waals surface area contributed by atoms with Crippen molar-refractivity contribution in [2.75, 3.05) is 29.1 Å². The van der Waals surface area contributed by atoms with Crippen molar-refractivity contribution in [1.29, 1.82) is 0 Å². The molecule has 2 aliphatic rings. The molecule has 1 N–H and O–H groups in total. The fraction of sp³-hybridized carbons (Fsp3) is 0.471. The average molecular weight is 372 g/mol. The molecule has 4 heterocycles. The summed E-state index contributed by atoms with van der Waals surface area (Å²) in [4.78, 5) is 39.7. The summed E-state index contributed by atoms with van der Waals surface area (Å²) >= 11 is 1.51. The molecule has 0 saturated carbocycles. The van der Waals surface area contributed by atoms with Gasteiger partial charge < -0.3 is 10.2 Å². The van der Waals surface area contributed by atoms with Crippen LogP contribution in [-0.2, 0) is 4.79 Å². The van der Waals surface area contributed by atoms with Gasteiger partial charge in [0.15, 0.2) is 5.16 Å². The molecular weight excluding hydrogens is 352 g/mol. The quantitative estimate of drug-likeness (QED) is 0.815. The number of aryl methyl sites for hydroxylation is 1. The van der Waals surface area contributed by atoms with Gasteiger partial charge in [0, 0.05) is 43.1 Å². The number of rotatable bonds is 4. The summed E-state index contributed by atoms with van der Waals surface area (Å²) in [5.41, 5.74) is 0.517. The molecule has 0 aromatic carbocycles. The minimum Gasteiger partial charge on any atom is -0.356 e. The van der Waals surface area contributed by atoms with E-state index in [1.165, 1.54) is 18.1 Å². The predicted octanol–water partition coefficient (Wildman–Crippen LogP) is 1.62. The number of anilines is 2. The van der Waals surface area contributed by atoms with Crippen molar-refractivity contribution in [3.05, 3.63) is 34.5 Å². The molecule has 1 saturated heterocycles. The molecule has 2 aromatic heterocycles. The molecule has 0 spiro atoms. The predicted molar refractivity (Wildman–Crippen MR) is 99.7 cm³/mol. The summed E-state index contributed by atoms with van der Waals surface area (Å²) < 4.78 is 1.63. The third kappa shape index (κ3) is 3.31. The Morgan fingerprint density at radius 1 is 1.31 bits per heavy atom. The van der Waals surface area contributed by atoms with E-state index in [0.29, 0.717) is 22.3 Å². The van der Waals surface area contributed by atoms with Crippen LogP contribution in [0.3, 0.4) is 0 Å². The molecule has 0 aliphatic carbocycles. The second kappa shape index (κ2) is 7.06. The van der Waals surface area contributed by atoms with E-state index in [-0.39, 0.29) is 23.9 Å². The Labute approximate surface area is 155 Å². The number of nitrogens with one attached hydrogen (secondary N) is 1. The van der Waals surface area contributed by atoms with E-state index in [4.69, 9.17) is 0 Å². The minimum atomic E-state index is -0.185. The van der Waals surface area contributed by atoms with E-state index in [0.717, 1.165) is 31.7 Å². The molecule has 2 aliphatic heterocycles. The van der Waals surface area contributed by atoms with E-state index in [1.807, 2.05) is 0 Å². The summed E-state index contributed by atoms with van der Waals surface area (Å²) in [5.74, 6) is 1.84. The van der Waals surface area contributed by atoms with Crippen molar-refractivity contribution >= 4 is 29.3 Å². The number of carbonyl (C=O) groups is 1. The lowest BCUT2D eigenvalue weighted by atomic mass is 10.2. The summed E-state index contributed by atoms with van der Waals surface area (Å²) in [5, 5.41) is 3.51. The third-order valence-electron chi connectivity index (χ3n) is 4.67. The number of hydrogen-bond donors (Lipinski definition) is 1. The smallest absolute Gasteiger partial charge is 0.257 e. The highest BCUT2D eigenvalue weighted by molar-refractivity contribution is 7.99. The second-order valence-corrected chi connectivity index (χ2v) is 7.56. The van der Waals surface area contributed by atoms with Crippen molar-refractivity contribution in [2.24, 2.45) is 0 Å². The molecule has 0 bridgehead atoms. The first-order chi connectivity index (χ1) is 12.6. The van der Waals surface area contributed by atoms with E-state index in [9.17, 15) is 9.59 Å². The molecule has 2 aromatic rings. The van der Waals surface area contributed by atoms with Crippen molar-refractivity contribution in [2.45, 2.75) is 37.4 Å². The third-order valence-corrected chi connectivity index (χ3v) is 5.78. The van der Waals surface area contributed by atoms with E-state index >= 15 is 0 Å². The van der Waals surface area contributed by atoms with Crippen LogP contribution < -0.4 is 15.8 Å². The Hall–Kier alpha value is -2.42.